The summed E-state index contributed by atoms with van der Waals surface area (Å²) < 4.78 is 11.1. The molecule has 0 radical (unpaired) electrons. The number of rotatable bonds is 8. The van der Waals surface area contributed by atoms with Crippen LogP contribution < -0.4 is 25.4 Å². The molecule has 0 fully saturated rings. The van der Waals surface area contributed by atoms with Crippen LogP contribution in [0.15, 0.2) is 53.5 Å². The van der Waals surface area contributed by atoms with Crippen LogP contribution in [-0.4, -0.2) is 38.7 Å². The third-order valence-corrected chi connectivity index (χ3v) is 3.87. The van der Waals surface area contributed by atoms with Crippen LogP contribution in [0, 0.1) is 0 Å². The average molecular weight is 512 g/mol. The molecule has 7 nitrogen and oxygen atoms in total. The first-order valence-electron chi connectivity index (χ1n) is 9.12. The van der Waals surface area contributed by atoms with Crippen molar-refractivity contribution in [1.82, 2.24) is 10.6 Å². The van der Waals surface area contributed by atoms with Gasteiger partial charge in [0.05, 0.1) is 13.7 Å². The Labute approximate surface area is 189 Å². The van der Waals surface area contributed by atoms with Gasteiger partial charge in [-0.25, -0.2) is 0 Å². The molecule has 2 aromatic rings. The average Bonchev–Trinajstić information content (AvgIpc) is 2.68. The monoisotopic (exact) mass is 512 g/mol. The molecular weight excluding hydrogens is 483 g/mol. The van der Waals surface area contributed by atoms with Gasteiger partial charge in [0, 0.05) is 32.3 Å². The molecule has 0 aliphatic carbocycles. The molecule has 158 valence electrons. The Balaban J connectivity index is 0.00000420. The number of halogens is 1. The minimum Gasteiger partial charge on any atom is -0.497 e. The van der Waals surface area contributed by atoms with E-state index in [0.717, 1.165) is 22.7 Å². The number of carbonyl (C=O) groups is 1. The highest BCUT2D eigenvalue weighted by Crippen LogP contribution is 2.19. The quantitative estimate of drug-likeness (QED) is 0.287. The minimum atomic E-state index is -0.0902. The zero-order chi connectivity index (χ0) is 20.4. The second-order valence-electron chi connectivity index (χ2n) is 6.30. The largest absolute Gasteiger partial charge is 0.497 e. The molecular formula is C21H29IN4O3. The van der Waals surface area contributed by atoms with Crippen molar-refractivity contribution in [3.05, 3.63) is 54.1 Å². The SMILES string of the molecule is CN=C(NCc1cccc(NC(C)=O)c1)NCC(C)Oc1cccc(OC)c1.I. The molecule has 3 N–H and O–H groups in total. The van der Waals surface area contributed by atoms with Crippen molar-refractivity contribution in [2.24, 2.45) is 4.99 Å². The lowest BCUT2D eigenvalue weighted by atomic mass is 10.2. The molecule has 29 heavy (non-hydrogen) atoms. The van der Waals surface area contributed by atoms with Crippen LogP contribution in [0.1, 0.15) is 19.4 Å². The summed E-state index contributed by atoms with van der Waals surface area (Å²) in [6, 6.07) is 15.2. The molecule has 0 aliphatic rings. The second-order valence-corrected chi connectivity index (χ2v) is 6.30. The van der Waals surface area contributed by atoms with Gasteiger partial charge in [-0.1, -0.05) is 18.2 Å². The lowest BCUT2D eigenvalue weighted by Gasteiger charge is -2.18. The summed E-state index contributed by atoms with van der Waals surface area (Å²) in [5, 5.41) is 9.28. The topological polar surface area (TPSA) is 84.0 Å². The van der Waals surface area contributed by atoms with Gasteiger partial charge in [-0.3, -0.25) is 9.79 Å². The molecule has 0 aliphatic heterocycles. The smallest absolute Gasteiger partial charge is 0.221 e. The van der Waals surface area contributed by atoms with Crippen LogP contribution in [0.2, 0.25) is 0 Å². The van der Waals surface area contributed by atoms with Gasteiger partial charge < -0.3 is 25.4 Å². The van der Waals surface area contributed by atoms with E-state index >= 15 is 0 Å². The highest BCUT2D eigenvalue weighted by molar-refractivity contribution is 14.0. The Bertz CT molecular complexity index is 814. The normalized spacial score (nSPS) is 11.7. The van der Waals surface area contributed by atoms with Gasteiger partial charge >= 0.3 is 0 Å². The summed E-state index contributed by atoms with van der Waals surface area (Å²) >= 11 is 0. The summed E-state index contributed by atoms with van der Waals surface area (Å²) in [4.78, 5) is 15.4. The summed E-state index contributed by atoms with van der Waals surface area (Å²) in [6.07, 6.45) is -0.0613. The first-order chi connectivity index (χ1) is 13.5. The number of aliphatic imine (C=N–C) groups is 1. The predicted octanol–water partition coefficient (Wildman–Crippen LogP) is 3.40. The van der Waals surface area contributed by atoms with E-state index in [9.17, 15) is 4.79 Å². The number of guanidine groups is 1. The van der Waals surface area contributed by atoms with Crippen molar-refractivity contribution in [3.8, 4) is 11.5 Å². The van der Waals surface area contributed by atoms with E-state index in [-0.39, 0.29) is 36.0 Å². The number of methoxy groups -OCH3 is 1. The molecule has 1 atom stereocenters. The Hall–Kier alpha value is -2.49. The molecule has 0 saturated carbocycles. The number of nitrogens with zero attached hydrogens (tertiary/aromatic N) is 1. The van der Waals surface area contributed by atoms with Crippen LogP contribution in [-0.2, 0) is 11.3 Å². The van der Waals surface area contributed by atoms with Crippen molar-refractivity contribution in [2.75, 3.05) is 26.0 Å². The number of anilines is 1. The van der Waals surface area contributed by atoms with E-state index < -0.39 is 0 Å². The lowest BCUT2D eigenvalue weighted by molar-refractivity contribution is -0.114. The molecule has 0 spiro atoms. The van der Waals surface area contributed by atoms with E-state index in [1.54, 1.807) is 14.2 Å². The van der Waals surface area contributed by atoms with Gasteiger partial charge in [-0.2, -0.15) is 0 Å². The van der Waals surface area contributed by atoms with Crippen LogP contribution >= 0.6 is 24.0 Å². The third kappa shape index (κ3) is 9.03. The van der Waals surface area contributed by atoms with Gasteiger partial charge in [-0.05, 0) is 36.8 Å². The molecule has 0 heterocycles. The lowest BCUT2D eigenvalue weighted by Crippen LogP contribution is -2.41. The first kappa shape index (κ1) is 24.5. The molecule has 2 aromatic carbocycles. The van der Waals surface area contributed by atoms with E-state index in [2.05, 4.69) is 20.9 Å². The summed E-state index contributed by atoms with van der Waals surface area (Å²) in [5.41, 5.74) is 1.81. The predicted molar refractivity (Wildman–Crippen MR) is 127 cm³/mol. The molecule has 0 bridgehead atoms. The maximum atomic E-state index is 11.2. The maximum absolute atomic E-state index is 11.2. The summed E-state index contributed by atoms with van der Waals surface area (Å²) in [5.74, 6) is 2.10. The highest BCUT2D eigenvalue weighted by atomic mass is 127. The Morgan fingerprint density at radius 1 is 1.10 bits per heavy atom. The van der Waals surface area contributed by atoms with Crippen molar-refractivity contribution in [3.63, 3.8) is 0 Å². The maximum Gasteiger partial charge on any atom is 0.221 e. The number of ether oxygens (including phenoxy) is 2. The van der Waals surface area contributed by atoms with Crippen LogP contribution in [0.3, 0.4) is 0 Å². The number of hydrogen-bond donors (Lipinski definition) is 3. The van der Waals surface area contributed by atoms with Crippen LogP contribution in [0.5, 0.6) is 11.5 Å². The van der Waals surface area contributed by atoms with E-state index in [1.807, 2.05) is 55.5 Å². The molecule has 8 heteroatoms. The van der Waals surface area contributed by atoms with E-state index in [1.165, 1.54) is 6.92 Å². The first-order valence-corrected chi connectivity index (χ1v) is 9.12. The Kier molecular flexibility index (Phi) is 10.9. The second kappa shape index (κ2) is 12.9. The number of nitrogens with one attached hydrogen (secondary N) is 3. The van der Waals surface area contributed by atoms with Gasteiger partial charge in [-0.15, -0.1) is 24.0 Å². The number of amides is 1. The van der Waals surface area contributed by atoms with E-state index in [0.29, 0.717) is 19.0 Å². The zero-order valence-corrected chi connectivity index (χ0v) is 19.5. The fourth-order valence-electron chi connectivity index (χ4n) is 2.56. The zero-order valence-electron chi connectivity index (χ0n) is 17.2. The number of carbonyl (C=O) groups excluding carboxylic acids is 1. The number of hydrogen-bond acceptors (Lipinski definition) is 4. The molecule has 0 aromatic heterocycles. The van der Waals surface area contributed by atoms with Gasteiger partial charge in [0.1, 0.15) is 17.6 Å². The number of benzene rings is 2. The molecule has 1 amide bonds. The van der Waals surface area contributed by atoms with Gasteiger partial charge in [0.2, 0.25) is 5.91 Å². The van der Waals surface area contributed by atoms with E-state index in [4.69, 9.17) is 9.47 Å². The highest BCUT2D eigenvalue weighted by Gasteiger charge is 2.07. The van der Waals surface area contributed by atoms with Gasteiger partial charge in [0.15, 0.2) is 5.96 Å². The van der Waals surface area contributed by atoms with Crippen molar-refractivity contribution in [1.29, 1.82) is 0 Å². The Morgan fingerprint density at radius 2 is 1.83 bits per heavy atom. The fraction of sp³-hybridized carbons (Fsp3) is 0.333. The van der Waals surface area contributed by atoms with Crippen molar-refractivity contribution in [2.45, 2.75) is 26.5 Å². The molecule has 2 rings (SSSR count). The van der Waals surface area contributed by atoms with Crippen molar-refractivity contribution >= 4 is 41.5 Å². The third-order valence-electron chi connectivity index (χ3n) is 3.87. The minimum absolute atomic E-state index is 0. The molecule has 1 unspecified atom stereocenters. The Morgan fingerprint density at radius 3 is 2.52 bits per heavy atom. The summed E-state index contributed by atoms with van der Waals surface area (Å²) in [6.45, 7) is 4.64. The molecule has 0 saturated heterocycles. The van der Waals surface area contributed by atoms with Gasteiger partial charge in [0.25, 0.3) is 0 Å². The van der Waals surface area contributed by atoms with Crippen LogP contribution in [0.25, 0.3) is 0 Å². The van der Waals surface area contributed by atoms with Crippen molar-refractivity contribution < 1.29 is 14.3 Å². The standard InChI is InChI=1S/C21H28N4O3.HI/c1-15(28-20-10-6-9-19(12-20)27-4)13-23-21(22-3)24-14-17-7-5-8-18(11-17)25-16(2)26;/h5-12,15H,13-14H2,1-4H3,(H,25,26)(H2,22,23,24);1H. The fourth-order valence-corrected chi connectivity index (χ4v) is 2.56. The summed E-state index contributed by atoms with van der Waals surface area (Å²) in [7, 11) is 3.35. The van der Waals surface area contributed by atoms with Crippen LogP contribution in [0.4, 0.5) is 5.69 Å².